The van der Waals surface area contributed by atoms with Gasteiger partial charge in [0.15, 0.2) is 6.61 Å². The Bertz CT molecular complexity index is 971. The number of esters is 1. The van der Waals surface area contributed by atoms with Crippen LogP contribution in [0.15, 0.2) is 60.0 Å². The molecule has 1 unspecified atom stereocenters. The summed E-state index contributed by atoms with van der Waals surface area (Å²) in [6.45, 7) is 1.23. The predicted molar refractivity (Wildman–Crippen MR) is 104 cm³/mol. The molecule has 1 aromatic heterocycles. The summed E-state index contributed by atoms with van der Waals surface area (Å²) in [7, 11) is 0. The van der Waals surface area contributed by atoms with E-state index in [-0.39, 0.29) is 17.1 Å². The Morgan fingerprint density at radius 3 is 2.57 bits per heavy atom. The number of thiophene rings is 1. The molecule has 0 aliphatic rings. The first-order valence-corrected chi connectivity index (χ1v) is 9.37. The predicted octanol–water partition coefficient (Wildman–Crippen LogP) is 3.96. The first kappa shape index (κ1) is 19.6. The summed E-state index contributed by atoms with van der Waals surface area (Å²) >= 11 is 1.45. The van der Waals surface area contributed by atoms with Gasteiger partial charge in [-0.3, -0.25) is 4.79 Å². The molecule has 0 fully saturated rings. The number of aryl methyl sites for hydroxylation is 1. The van der Waals surface area contributed by atoms with Crippen molar-refractivity contribution in [2.75, 3.05) is 6.61 Å². The molecule has 5 nitrogen and oxygen atoms in total. The first-order valence-electron chi connectivity index (χ1n) is 8.49. The molecule has 1 heterocycles. The highest BCUT2D eigenvalue weighted by Crippen LogP contribution is 2.26. The van der Waals surface area contributed by atoms with Crippen LogP contribution in [0.3, 0.4) is 0 Å². The van der Waals surface area contributed by atoms with Gasteiger partial charge in [-0.05, 0) is 53.8 Å². The minimum Gasteiger partial charge on any atom is -0.508 e. The second kappa shape index (κ2) is 8.67. The summed E-state index contributed by atoms with van der Waals surface area (Å²) < 4.78 is 18.3. The number of phenolic OH excluding ortho intramolecular Hbond substituents is 1. The Balaban J connectivity index is 1.66. The topological polar surface area (TPSA) is 75.6 Å². The third-order valence-electron chi connectivity index (χ3n) is 4.12. The fourth-order valence-corrected chi connectivity index (χ4v) is 3.39. The highest BCUT2D eigenvalue weighted by Gasteiger charge is 2.19. The molecule has 0 radical (unpaired) electrons. The quantitative estimate of drug-likeness (QED) is 0.615. The maximum absolute atomic E-state index is 13.2. The molecule has 28 heavy (non-hydrogen) atoms. The van der Waals surface area contributed by atoms with E-state index in [4.69, 9.17) is 4.74 Å². The zero-order valence-corrected chi connectivity index (χ0v) is 15.8. The third-order valence-corrected chi connectivity index (χ3v) is 5.05. The van der Waals surface area contributed by atoms with Crippen molar-refractivity contribution in [2.45, 2.75) is 13.0 Å². The van der Waals surface area contributed by atoms with E-state index >= 15 is 0 Å². The second-order valence-electron chi connectivity index (χ2n) is 6.14. The van der Waals surface area contributed by atoms with Crippen LogP contribution >= 0.6 is 11.3 Å². The Hall–Kier alpha value is -3.19. The van der Waals surface area contributed by atoms with Crippen LogP contribution < -0.4 is 5.32 Å². The zero-order valence-electron chi connectivity index (χ0n) is 15.0. The van der Waals surface area contributed by atoms with E-state index < -0.39 is 24.5 Å². The molecule has 1 amide bonds. The second-order valence-corrected chi connectivity index (χ2v) is 7.12. The number of amides is 1. The van der Waals surface area contributed by atoms with Crippen LogP contribution in [0.1, 0.15) is 32.4 Å². The average molecular weight is 399 g/mol. The number of carbonyl (C=O) groups is 2. The fourth-order valence-electron chi connectivity index (χ4n) is 2.58. The normalized spacial score (nSPS) is 11.6. The van der Waals surface area contributed by atoms with Gasteiger partial charge >= 0.3 is 5.97 Å². The van der Waals surface area contributed by atoms with Crippen molar-refractivity contribution in [3.05, 3.63) is 87.4 Å². The standard InChI is InChI=1S/C21H18FNO4S/c1-13-4-5-15(11-17(13)24)21(26)27-12-19(25)23-20(18-3-2-10-28-18)14-6-8-16(22)9-7-14/h2-11,20,24H,12H2,1H3,(H,23,25). The highest BCUT2D eigenvalue weighted by molar-refractivity contribution is 7.10. The van der Waals surface area contributed by atoms with Gasteiger partial charge in [0.05, 0.1) is 11.6 Å². The summed E-state index contributed by atoms with van der Waals surface area (Å²) in [5, 5.41) is 14.4. The van der Waals surface area contributed by atoms with Crippen LogP contribution in [-0.4, -0.2) is 23.6 Å². The number of hydrogen-bond donors (Lipinski definition) is 2. The molecule has 0 bridgehead atoms. The van der Waals surface area contributed by atoms with Crippen LogP contribution in [0, 0.1) is 12.7 Å². The third kappa shape index (κ3) is 4.75. The van der Waals surface area contributed by atoms with E-state index in [1.54, 1.807) is 25.1 Å². The van der Waals surface area contributed by atoms with E-state index in [0.29, 0.717) is 11.1 Å². The Morgan fingerprint density at radius 1 is 1.18 bits per heavy atom. The van der Waals surface area contributed by atoms with Crippen LogP contribution in [0.25, 0.3) is 0 Å². The van der Waals surface area contributed by atoms with E-state index in [9.17, 15) is 19.1 Å². The molecule has 0 aliphatic carbocycles. The summed E-state index contributed by atoms with van der Waals surface area (Å²) in [5.41, 5.74) is 1.50. The molecular formula is C21H18FNO4S. The van der Waals surface area contributed by atoms with Crippen molar-refractivity contribution < 1.29 is 23.8 Å². The van der Waals surface area contributed by atoms with Crippen molar-refractivity contribution in [3.63, 3.8) is 0 Å². The van der Waals surface area contributed by atoms with Gasteiger partial charge in [-0.2, -0.15) is 0 Å². The molecule has 144 valence electrons. The monoisotopic (exact) mass is 399 g/mol. The number of carbonyl (C=O) groups excluding carboxylic acids is 2. The minimum atomic E-state index is -0.708. The number of halogens is 1. The fraction of sp³-hybridized carbons (Fsp3) is 0.143. The highest BCUT2D eigenvalue weighted by atomic mass is 32.1. The minimum absolute atomic E-state index is 0.0204. The molecule has 3 aromatic rings. The molecule has 2 aromatic carbocycles. The van der Waals surface area contributed by atoms with Crippen LogP contribution in [0.5, 0.6) is 5.75 Å². The zero-order chi connectivity index (χ0) is 20.1. The number of rotatable bonds is 6. The lowest BCUT2D eigenvalue weighted by atomic mass is 10.1. The van der Waals surface area contributed by atoms with E-state index in [1.165, 1.54) is 35.6 Å². The smallest absolute Gasteiger partial charge is 0.338 e. The van der Waals surface area contributed by atoms with E-state index in [2.05, 4.69) is 5.32 Å². The van der Waals surface area contributed by atoms with Gasteiger partial charge in [0, 0.05) is 4.88 Å². The van der Waals surface area contributed by atoms with Crippen molar-refractivity contribution in [1.82, 2.24) is 5.32 Å². The van der Waals surface area contributed by atoms with Gasteiger partial charge in [-0.25, -0.2) is 9.18 Å². The molecular weight excluding hydrogens is 381 g/mol. The lowest BCUT2D eigenvalue weighted by Gasteiger charge is -2.18. The SMILES string of the molecule is Cc1ccc(C(=O)OCC(=O)NC(c2ccc(F)cc2)c2cccs2)cc1O. The number of nitrogens with one attached hydrogen (secondary N) is 1. The average Bonchev–Trinajstić information content (AvgIpc) is 3.21. The first-order chi connectivity index (χ1) is 13.4. The summed E-state index contributed by atoms with van der Waals surface area (Å²) in [4.78, 5) is 25.3. The van der Waals surface area contributed by atoms with Gasteiger partial charge in [0.25, 0.3) is 5.91 Å². The molecule has 0 saturated carbocycles. The molecule has 7 heteroatoms. The van der Waals surface area contributed by atoms with Gasteiger partial charge in [-0.1, -0.05) is 24.3 Å². The van der Waals surface area contributed by atoms with Crippen molar-refractivity contribution in [3.8, 4) is 5.75 Å². The van der Waals surface area contributed by atoms with Crippen LogP contribution in [0.4, 0.5) is 4.39 Å². The number of phenols is 1. The summed E-state index contributed by atoms with van der Waals surface area (Å²) in [6.07, 6.45) is 0. The van der Waals surface area contributed by atoms with Crippen molar-refractivity contribution >= 4 is 23.2 Å². The molecule has 0 aliphatic heterocycles. The summed E-state index contributed by atoms with van der Waals surface area (Å²) in [6, 6.07) is 13.5. The number of aromatic hydroxyl groups is 1. The summed E-state index contributed by atoms with van der Waals surface area (Å²) in [5.74, 6) is -1.59. The number of ether oxygens (including phenoxy) is 1. The Kier molecular flexibility index (Phi) is 6.06. The number of hydrogen-bond acceptors (Lipinski definition) is 5. The van der Waals surface area contributed by atoms with Gasteiger partial charge in [0.2, 0.25) is 0 Å². The lowest BCUT2D eigenvalue weighted by molar-refractivity contribution is -0.124. The van der Waals surface area contributed by atoms with Gasteiger partial charge < -0.3 is 15.2 Å². The number of benzene rings is 2. The van der Waals surface area contributed by atoms with Crippen molar-refractivity contribution in [2.24, 2.45) is 0 Å². The molecule has 3 rings (SSSR count). The Labute approximate surface area is 165 Å². The lowest BCUT2D eigenvalue weighted by Crippen LogP contribution is -2.32. The molecule has 2 N–H and O–H groups in total. The molecule has 0 spiro atoms. The maximum atomic E-state index is 13.2. The molecule has 0 saturated heterocycles. The Morgan fingerprint density at radius 2 is 1.93 bits per heavy atom. The van der Waals surface area contributed by atoms with Crippen molar-refractivity contribution in [1.29, 1.82) is 0 Å². The van der Waals surface area contributed by atoms with Gasteiger partial charge in [-0.15, -0.1) is 11.3 Å². The molecule has 1 atom stereocenters. The van der Waals surface area contributed by atoms with E-state index in [0.717, 1.165) is 4.88 Å². The van der Waals surface area contributed by atoms with Gasteiger partial charge in [0.1, 0.15) is 11.6 Å². The van der Waals surface area contributed by atoms with E-state index in [1.807, 2.05) is 17.5 Å². The van der Waals surface area contributed by atoms with Crippen LogP contribution in [-0.2, 0) is 9.53 Å². The maximum Gasteiger partial charge on any atom is 0.338 e. The van der Waals surface area contributed by atoms with Crippen LogP contribution in [0.2, 0.25) is 0 Å². The largest absolute Gasteiger partial charge is 0.508 e.